The molecule has 1 aromatic carbocycles. The summed E-state index contributed by atoms with van der Waals surface area (Å²) in [5.41, 5.74) is 3.78. The number of piperidine rings is 1. The van der Waals surface area contributed by atoms with Gasteiger partial charge in [-0.25, -0.2) is 4.68 Å². The minimum atomic E-state index is -0.00244. The summed E-state index contributed by atoms with van der Waals surface area (Å²) in [7, 11) is 0. The summed E-state index contributed by atoms with van der Waals surface area (Å²) in [6.45, 7) is 16.0. The molecule has 30 heavy (non-hydrogen) atoms. The molecule has 1 fully saturated rings. The number of carbonyl (C=O) groups excluding carboxylic acids is 1. The highest BCUT2D eigenvalue weighted by atomic mass is 16.2. The second kappa shape index (κ2) is 8.54. The van der Waals surface area contributed by atoms with Gasteiger partial charge in [-0.1, -0.05) is 31.5 Å². The summed E-state index contributed by atoms with van der Waals surface area (Å²) in [6, 6.07) is 8.38. The molecule has 1 amide bonds. The molecule has 0 unspecified atom stereocenters. The molecule has 5 nitrogen and oxygen atoms in total. The topological polar surface area (TPSA) is 50.2 Å². The average molecular weight is 411 g/mol. The van der Waals surface area contributed by atoms with Crippen LogP contribution in [0.15, 0.2) is 30.5 Å². The first-order valence-electron chi connectivity index (χ1n) is 11.3. The van der Waals surface area contributed by atoms with Crippen molar-refractivity contribution in [1.82, 2.24) is 20.0 Å². The fraction of sp³-hybridized carbons (Fsp3) is 0.600. The lowest BCUT2D eigenvalue weighted by molar-refractivity contribution is 0.0441. The van der Waals surface area contributed by atoms with Crippen LogP contribution >= 0.6 is 0 Å². The second-order valence-corrected chi connectivity index (χ2v) is 10.1. The summed E-state index contributed by atoms with van der Waals surface area (Å²) >= 11 is 0. The van der Waals surface area contributed by atoms with Gasteiger partial charge in [0.05, 0.1) is 23.1 Å². The molecule has 1 saturated heterocycles. The normalized spacial score (nSPS) is 18.4. The van der Waals surface area contributed by atoms with E-state index in [4.69, 9.17) is 0 Å². The summed E-state index contributed by atoms with van der Waals surface area (Å²) in [6.07, 6.45) is 5.75. The third-order valence-electron chi connectivity index (χ3n) is 6.21. The van der Waals surface area contributed by atoms with E-state index in [-0.39, 0.29) is 23.0 Å². The minimum Gasteiger partial charge on any atom is -0.335 e. The summed E-state index contributed by atoms with van der Waals surface area (Å²) < 4.78 is 1.90. The van der Waals surface area contributed by atoms with Crippen LogP contribution in [0.25, 0.3) is 5.69 Å². The molecule has 0 aliphatic carbocycles. The summed E-state index contributed by atoms with van der Waals surface area (Å²) in [5.74, 6) is 0.110. The van der Waals surface area contributed by atoms with E-state index in [9.17, 15) is 4.79 Å². The van der Waals surface area contributed by atoms with Crippen molar-refractivity contribution in [2.75, 3.05) is 6.54 Å². The van der Waals surface area contributed by atoms with E-state index < -0.39 is 0 Å². The first-order valence-corrected chi connectivity index (χ1v) is 11.3. The molecular formula is C25H38N4O. The maximum absolute atomic E-state index is 13.8. The van der Waals surface area contributed by atoms with Crippen LogP contribution in [-0.2, 0) is 0 Å². The number of unbranched alkanes of at least 4 members (excludes halogenated alkanes) is 1. The molecule has 1 aliphatic heterocycles. The van der Waals surface area contributed by atoms with Crippen LogP contribution < -0.4 is 5.32 Å². The monoisotopic (exact) mass is 410 g/mol. The van der Waals surface area contributed by atoms with Crippen molar-refractivity contribution >= 4 is 5.91 Å². The second-order valence-electron chi connectivity index (χ2n) is 10.1. The highest BCUT2D eigenvalue weighted by Gasteiger charge is 2.41. The Kier molecular flexibility index (Phi) is 6.42. The number of hydrogen-bond acceptors (Lipinski definition) is 3. The lowest BCUT2D eigenvalue weighted by Crippen LogP contribution is -2.62. The fourth-order valence-electron chi connectivity index (χ4n) is 5.09. The Morgan fingerprint density at radius 1 is 1.17 bits per heavy atom. The number of aromatic nitrogens is 2. The number of hydrogen-bond donors (Lipinski definition) is 1. The molecular weight excluding hydrogens is 372 g/mol. The molecule has 164 valence electrons. The van der Waals surface area contributed by atoms with Crippen LogP contribution in [0.2, 0.25) is 0 Å². The van der Waals surface area contributed by atoms with Gasteiger partial charge >= 0.3 is 0 Å². The molecule has 0 atom stereocenters. The van der Waals surface area contributed by atoms with Gasteiger partial charge in [-0.2, -0.15) is 5.10 Å². The van der Waals surface area contributed by atoms with Crippen molar-refractivity contribution < 1.29 is 4.79 Å². The van der Waals surface area contributed by atoms with Crippen molar-refractivity contribution in [2.24, 2.45) is 0 Å². The summed E-state index contributed by atoms with van der Waals surface area (Å²) in [4.78, 5) is 15.9. The number of amides is 1. The molecule has 2 heterocycles. The molecule has 1 aromatic heterocycles. The van der Waals surface area contributed by atoms with Crippen LogP contribution in [0.1, 0.15) is 81.9 Å². The lowest BCUT2D eigenvalue weighted by Gasteiger charge is -2.49. The van der Waals surface area contributed by atoms with Crippen molar-refractivity contribution in [3.05, 3.63) is 47.3 Å². The van der Waals surface area contributed by atoms with Gasteiger partial charge in [-0.05, 0) is 72.4 Å². The fourth-order valence-corrected chi connectivity index (χ4v) is 5.09. The first-order chi connectivity index (χ1) is 14.0. The summed E-state index contributed by atoms with van der Waals surface area (Å²) in [5, 5.41) is 8.33. The molecule has 0 bridgehead atoms. The van der Waals surface area contributed by atoms with Crippen molar-refractivity contribution in [3.8, 4) is 5.69 Å². The third kappa shape index (κ3) is 4.77. The Labute approximate surface area is 181 Å². The van der Waals surface area contributed by atoms with E-state index in [1.165, 1.54) is 0 Å². The zero-order chi connectivity index (χ0) is 22.1. The third-order valence-corrected chi connectivity index (χ3v) is 6.21. The molecule has 0 saturated carbocycles. The zero-order valence-electron chi connectivity index (χ0n) is 19.7. The van der Waals surface area contributed by atoms with Crippen molar-refractivity contribution in [3.63, 3.8) is 0 Å². The number of nitrogens with one attached hydrogen (secondary N) is 1. The number of carbonyl (C=O) groups is 1. The first kappa shape index (κ1) is 22.5. The lowest BCUT2D eigenvalue weighted by atomic mass is 9.78. The van der Waals surface area contributed by atoms with Gasteiger partial charge in [0.15, 0.2) is 0 Å². The Balaban J connectivity index is 1.94. The molecule has 5 heteroatoms. The number of benzene rings is 1. The predicted octanol–water partition coefficient (Wildman–Crippen LogP) is 5.04. The van der Waals surface area contributed by atoms with Crippen LogP contribution in [0.5, 0.6) is 0 Å². The number of para-hydroxylation sites is 1. The van der Waals surface area contributed by atoms with Crippen LogP contribution in [0.3, 0.4) is 0 Å². The Bertz CT molecular complexity index is 880. The largest absolute Gasteiger partial charge is 0.335 e. The van der Waals surface area contributed by atoms with Gasteiger partial charge in [0.25, 0.3) is 5.91 Å². The number of rotatable bonds is 6. The SMILES string of the molecule is CCCCN(C(=O)c1cnn(-c2ccccc2C)c1C)C1CC(C)(C)NC(C)(C)C1. The molecule has 1 aliphatic rings. The minimum absolute atomic E-state index is 0.00244. The number of aryl methyl sites for hydroxylation is 1. The highest BCUT2D eigenvalue weighted by molar-refractivity contribution is 5.95. The van der Waals surface area contributed by atoms with E-state index in [0.29, 0.717) is 5.56 Å². The molecule has 2 aromatic rings. The van der Waals surface area contributed by atoms with E-state index in [0.717, 1.165) is 49.2 Å². The molecule has 0 spiro atoms. The molecule has 1 N–H and O–H groups in total. The van der Waals surface area contributed by atoms with Gasteiger partial charge in [0.1, 0.15) is 0 Å². The highest BCUT2D eigenvalue weighted by Crippen LogP contribution is 2.33. The van der Waals surface area contributed by atoms with E-state index in [1.54, 1.807) is 6.20 Å². The zero-order valence-corrected chi connectivity index (χ0v) is 19.7. The van der Waals surface area contributed by atoms with Gasteiger partial charge in [-0.15, -0.1) is 0 Å². The quantitative estimate of drug-likeness (QED) is 0.726. The van der Waals surface area contributed by atoms with E-state index >= 15 is 0 Å². The van der Waals surface area contributed by atoms with Crippen LogP contribution in [-0.4, -0.2) is 44.3 Å². The van der Waals surface area contributed by atoms with Crippen molar-refractivity contribution in [1.29, 1.82) is 0 Å². The van der Waals surface area contributed by atoms with E-state index in [1.807, 2.05) is 23.7 Å². The van der Waals surface area contributed by atoms with Crippen LogP contribution in [0.4, 0.5) is 0 Å². The predicted molar refractivity (Wildman–Crippen MR) is 123 cm³/mol. The molecule has 3 rings (SSSR count). The maximum atomic E-state index is 13.8. The van der Waals surface area contributed by atoms with Gasteiger partial charge in [0, 0.05) is 23.7 Å². The van der Waals surface area contributed by atoms with Crippen LogP contribution in [0, 0.1) is 13.8 Å². The van der Waals surface area contributed by atoms with E-state index in [2.05, 4.69) is 69.0 Å². The van der Waals surface area contributed by atoms with Crippen molar-refractivity contribution in [2.45, 2.75) is 91.3 Å². The Morgan fingerprint density at radius 2 is 1.80 bits per heavy atom. The van der Waals surface area contributed by atoms with Gasteiger partial charge in [0.2, 0.25) is 0 Å². The maximum Gasteiger partial charge on any atom is 0.257 e. The molecule has 0 radical (unpaired) electrons. The number of nitrogens with zero attached hydrogens (tertiary/aromatic N) is 3. The Morgan fingerprint density at radius 3 is 2.40 bits per heavy atom. The van der Waals surface area contributed by atoms with Gasteiger partial charge in [-0.3, -0.25) is 4.79 Å². The standard InChI is InChI=1S/C25H38N4O/c1-8-9-14-28(20-15-24(4,5)27-25(6,7)16-20)23(30)21-17-26-29(19(21)3)22-13-11-10-12-18(22)2/h10-13,17,20,27H,8-9,14-16H2,1-7H3. The average Bonchev–Trinajstić information content (AvgIpc) is 3.01. The van der Waals surface area contributed by atoms with Gasteiger partial charge < -0.3 is 10.2 Å². The smallest absolute Gasteiger partial charge is 0.257 e. The Hall–Kier alpha value is -2.14.